The van der Waals surface area contributed by atoms with Gasteiger partial charge in [-0.1, -0.05) is 0 Å². The molecule has 1 saturated heterocycles. The van der Waals surface area contributed by atoms with Crippen LogP contribution in [0.4, 0.5) is 16.2 Å². The fourth-order valence-corrected chi connectivity index (χ4v) is 2.03. The van der Waals surface area contributed by atoms with E-state index in [1.807, 2.05) is 0 Å². The molecule has 0 aromatic heterocycles. The quantitative estimate of drug-likeness (QED) is 0.473. The molecular formula is C13H17N3O3. The second-order valence-corrected chi connectivity index (χ2v) is 4.40. The molecule has 3 amide bonds. The number of nitrogens with two attached hydrogens (primary N) is 1. The lowest BCUT2D eigenvalue weighted by atomic mass is 10.1. The maximum absolute atomic E-state index is 12.2. The number of ether oxygens (including phenoxy) is 1. The predicted octanol–water partition coefficient (Wildman–Crippen LogP) is 1.12. The van der Waals surface area contributed by atoms with E-state index in [1.165, 1.54) is 0 Å². The Balaban J connectivity index is 2.08. The number of methoxy groups -OCH3 is 1. The van der Waals surface area contributed by atoms with Gasteiger partial charge in [-0.15, -0.1) is 0 Å². The van der Waals surface area contributed by atoms with E-state index in [-0.39, 0.29) is 5.91 Å². The van der Waals surface area contributed by atoms with E-state index in [9.17, 15) is 9.59 Å². The molecule has 1 atom stereocenters. The second kappa shape index (κ2) is 5.71. The normalized spacial score (nSPS) is 18.8. The van der Waals surface area contributed by atoms with Crippen molar-refractivity contribution in [1.82, 2.24) is 5.32 Å². The first kappa shape index (κ1) is 13.4. The minimum Gasteiger partial charge on any atom is -0.399 e. The standard InChI is InChI=1S/C13H17N3O3/c1-19-8-2-3-11-12(17)16(13(18)15-11)10-6-4-9(14)5-7-10/h4-7,11H,2-3,8,14H2,1H3,(H,15,18). The van der Waals surface area contributed by atoms with Gasteiger partial charge in [0.05, 0.1) is 5.69 Å². The average Bonchev–Trinajstić information content (AvgIpc) is 2.67. The molecule has 1 fully saturated rings. The number of nitrogen functional groups attached to an aromatic ring is 1. The highest BCUT2D eigenvalue weighted by Crippen LogP contribution is 2.22. The van der Waals surface area contributed by atoms with Gasteiger partial charge < -0.3 is 15.8 Å². The van der Waals surface area contributed by atoms with E-state index in [1.54, 1.807) is 31.4 Å². The van der Waals surface area contributed by atoms with Gasteiger partial charge in [0.2, 0.25) is 0 Å². The Bertz CT molecular complexity index is 473. The van der Waals surface area contributed by atoms with Crippen LogP contribution in [-0.4, -0.2) is 31.7 Å². The zero-order chi connectivity index (χ0) is 13.8. The summed E-state index contributed by atoms with van der Waals surface area (Å²) in [6.45, 7) is 0.571. The van der Waals surface area contributed by atoms with Crippen LogP contribution in [0.15, 0.2) is 24.3 Å². The molecule has 0 bridgehead atoms. The summed E-state index contributed by atoms with van der Waals surface area (Å²) in [4.78, 5) is 25.2. The van der Waals surface area contributed by atoms with Gasteiger partial charge >= 0.3 is 6.03 Å². The number of hydrogen-bond donors (Lipinski definition) is 2. The predicted molar refractivity (Wildman–Crippen MR) is 71.8 cm³/mol. The largest absolute Gasteiger partial charge is 0.399 e. The lowest BCUT2D eigenvalue weighted by Gasteiger charge is -2.13. The highest BCUT2D eigenvalue weighted by Gasteiger charge is 2.38. The fourth-order valence-electron chi connectivity index (χ4n) is 2.03. The second-order valence-electron chi connectivity index (χ2n) is 4.40. The van der Waals surface area contributed by atoms with Crippen LogP contribution < -0.4 is 16.0 Å². The molecule has 1 aliphatic rings. The Hall–Kier alpha value is -2.08. The number of benzene rings is 1. The maximum atomic E-state index is 12.2. The smallest absolute Gasteiger partial charge is 0.329 e. The summed E-state index contributed by atoms with van der Waals surface area (Å²) in [7, 11) is 1.61. The Morgan fingerprint density at radius 2 is 2.00 bits per heavy atom. The van der Waals surface area contributed by atoms with Gasteiger partial charge in [-0.3, -0.25) is 4.79 Å². The fraction of sp³-hybridized carbons (Fsp3) is 0.385. The van der Waals surface area contributed by atoms with Crippen molar-refractivity contribution in [3.8, 4) is 0 Å². The van der Waals surface area contributed by atoms with Crippen molar-refractivity contribution < 1.29 is 14.3 Å². The summed E-state index contributed by atoms with van der Waals surface area (Å²) >= 11 is 0. The number of amides is 3. The van der Waals surface area contributed by atoms with Crippen molar-refractivity contribution in [2.75, 3.05) is 24.4 Å². The van der Waals surface area contributed by atoms with E-state index in [4.69, 9.17) is 10.5 Å². The number of nitrogens with zero attached hydrogens (tertiary/aromatic N) is 1. The van der Waals surface area contributed by atoms with Gasteiger partial charge in [0.1, 0.15) is 6.04 Å². The molecule has 6 nitrogen and oxygen atoms in total. The minimum atomic E-state index is -0.472. The Kier molecular flexibility index (Phi) is 4.01. The van der Waals surface area contributed by atoms with Crippen LogP contribution in [0.25, 0.3) is 0 Å². The number of carbonyl (C=O) groups is 2. The van der Waals surface area contributed by atoms with Gasteiger partial charge in [-0.25, -0.2) is 9.69 Å². The number of urea groups is 1. The Morgan fingerprint density at radius 1 is 1.32 bits per heavy atom. The summed E-state index contributed by atoms with van der Waals surface area (Å²) in [6.07, 6.45) is 1.30. The molecule has 1 aromatic rings. The molecule has 2 rings (SSSR count). The molecule has 1 heterocycles. The van der Waals surface area contributed by atoms with E-state index >= 15 is 0 Å². The van der Waals surface area contributed by atoms with Crippen molar-refractivity contribution in [1.29, 1.82) is 0 Å². The van der Waals surface area contributed by atoms with Crippen LogP contribution in [0.1, 0.15) is 12.8 Å². The molecule has 3 N–H and O–H groups in total. The van der Waals surface area contributed by atoms with Crippen molar-refractivity contribution in [2.45, 2.75) is 18.9 Å². The third-order valence-electron chi connectivity index (χ3n) is 3.01. The third-order valence-corrected chi connectivity index (χ3v) is 3.01. The molecule has 6 heteroatoms. The van der Waals surface area contributed by atoms with Gasteiger partial charge in [0.15, 0.2) is 0 Å². The van der Waals surface area contributed by atoms with Crippen molar-refractivity contribution in [2.24, 2.45) is 0 Å². The van der Waals surface area contributed by atoms with Crippen LogP contribution in [0.3, 0.4) is 0 Å². The lowest BCUT2D eigenvalue weighted by Crippen LogP contribution is -2.31. The zero-order valence-corrected chi connectivity index (χ0v) is 10.8. The van der Waals surface area contributed by atoms with Crippen LogP contribution in [0.2, 0.25) is 0 Å². The van der Waals surface area contributed by atoms with Gasteiger partial charge in [0.25, 0.3) is 5.91 Å². The molecule has 0 saturated carbocycles. The van der Waals surface area contributed by atoms with Crippen LogP contribution in [-0.2, 0) is 9.53 Å². The third kappa shape index (κ3) is 2.85. The van der Waals surface area contributed by atoms with Crippen LogP contribution in [0.5, 0.6) is 0 Å². The Morgan fingerprint density at radius 3 is 2.63 bits per heavy atom. The number of hydrogen-bond acceptors (Lipinski definition) is 4. The molecule has 1 aromatic carbocycles. The van der Waals surface area contributed by atoms with Crippen LogP contribution in [0, 0.1) is 0 Å². The minimum absolute atomic E-state index is 0.231. The summed E-state index contributed by atoms with van der Waals surface area (Å²) in [5.41, 5.74) is 6.71. The highest BCUT2D eigenvalue weighted by atomic mass is 16.5. The summed E-state index contributed by atoms with van der Waals surface area (Å²) in [5.74, 6) is -0.231. The van der Waals surface area contributed by atoms with E-state index in [0.29, 0.717) is 24.4 Å². The first-order valence-electron chi connectivity index (χ1n) is 6.12. The number of imide groups is 1. The lowest BCUT2D eigenvalue weighted by molar-refractivity contribution is -0.118. The first-order valence-corrected chi connectivity index (χ1v) is 6.12. The number of anilines is 2. The maximum Gasteiger partial charge on any atom is 0.329 e. The monoisotopic (exact) mass is 263 g/mol. The summed E-state index contributed by atoms with van der Waals surface area (Å²) < 4.78 is 4.94. The van der Waals surface area contributed by atoms with Crippen molar-refractivity contribution in [3.63, 3.8) is 0 Å². The zero-order valence-electron chi connectivity index (χ0n) is 10.8. The van der Waals surface area contributed by atoms with E-state index < -0.39 is 12.1 Å². The van der Waals surface area contributed by atoms with Gasteiger partial charge in [0, 0.05) is 19.4 Å². The molecule has 1 unspecified atom stereocenters. The summed E-state index contributed by atoms with van der Waals surface area (Å²) in [6, 6.07) is 5.77. The molecular weight excluding hydrogens is 246 g/mol. The molecule has 0 radical (unpaired) electrons. The topological polar surface area (TPSA) is 84.7 Å². The van der Waals surface area contributed by atoms with E-state index in [2.05, 4.69) is 5.32 Å². The SMILES string of the molecule is COCCCC1NC(=O)N(c2ccc(N)cc2)C1=O. The number of rotatable bonds is 5. The molecule has 1 aliphatic heterocycles. The molecule has 102 valence electrons. The van der Waals surface area contributed by atoms with Crippen molar-refractivity contribution >= 4 is 23.3 Å². The van der Waals surface area contributed by atoms with Gasteiger partial charge in [-0.2, -0.15) is 0 Å². The van der Waals surface area contributed by atoms with Crippen molar-refractivity contribution in [3.05, 3.63) is 24.3 Å². The van der Waals surface area contributed by atoms with Gasteiger partial charge in [-0.05, 0) is 37.1 Å². The Labute approximate surface area is 111 Å². The average molecular weight is 263 g/mol. The molecule has 0 aliphatic carbocycles. The molecule has 19 heavy (non-hydrogen) atoms. The number of nitrogens with one attached hydrogen (secondary N) is 1. The molecule has 0 spiro atoms. The number of carbonyl (C=O) groups excluding carboxylic acids is 2. The first-order chi connectivity index (χ1) is 9.13. The summed E-state index contributed by atoms with van der Waals surface area (Å²) in [5, 5.41) is 2.68. The highest BCUT2D eigenvalue weighted by molar-refractivity contribution is 6.21. The van der Waals surface area contributed by atoms with Crippen LogP contribution >= 0.6 is 0 Å². The van der Waals surface area contributed by atoms with E-state index in [0.717, 1.165) is 11.3 Å².